The van der Waals surface area contributed by atoms with E-state index in [0.29, 0.717) is 5.52 Å². The van der Waals surface area contributed by atoms with Crippen LogP contribution in [0.3, 0.4) is 0 Å². The first-order chi connectivity index (χ1) is 12.5. The fourth-order valence-corrected chi connectivity index (χ4v) is 3.34. The minimum atomic E-state index is 0.208. The van der Waals surface area contributed by atoms with E-state index in [0.717, 1.165) is 16.6 Å². The van der Waals surface area contributed by atoms with Gasteiger partial charge in [-0.05, 0) is 60.9 Å². The van der Waals surface area contributed by atoms with Gasteiger partial charge in [-0.1, -0.05) is 12.1 Å². The zero-order valence-electron chi connectivity index (χ0n) is 15.2. The second-order valence-corrected chi connectivity index (χ2v) is 6.72. The van der Waals surface area contributed by atoms with E-state index in [9.17, 15) is 5.11 Å². The molecule has 2 aromatic heterocycles. The van der Waals surface area contributed by atoms with E-state index in [1.807, 2.05) is 18.2 Å². The first-order valence-corrected chi connectivity index (χ1v) is 8.69. The molecule has 0 spiro atoms. The summed E-state index contributed by atoms with van der Waals surface area (Å²) in [7, 11) is 2.09. The number of fused-ring (bicyclic) bond motifs is 2. The first-order valence-electron chi connectivity index (χ1n) is 8.69. The van der Waals surface area contributed by atoms with Crippen molar-refractivity contribution in [3.8, 4) is 5.75 Å². The SMILES string of the molecule is Cc1cc2ccc(/C=C/c3ccc(O)c4ncccc34)[n+](C)c2cc1C. The van der Waals surface area contributed by atoms with Crippen LogP contribution in [0.15, 0.2) is 54.7 Å². The average Bonchev–Trinajstić information content (AvgIpc) is 2.65. The highest BCUT2D eigenvalue weighted by atomic mass is 16.3. The van der Waals surface area contributed by atoms with E-state index in [-0.39, 0.29) is 5.75 Å². The molecule has 0 aliphatic rings. The van der Waals surface area contributed by atoms with Gasteiger partial charge in [-0.3, -0.25) is 4.98 Å². The van der Waals surface area contributed by atoms with E-state index in [4.69, 9.17) is 0 Å². The molecular weight excluding hydrogens is 320 g/mol. The topological polar surface area (TPSA) is 37.0 Å². The highest BCUT2D eigenvalue weighted by molar-refractivity contribution is 5.93. The van der Waals surface area contributed by atoms with Crippen molar-refractivity contribution in [2.45, 2.75) is 13.8 Å². The van der Waals surface area contributed by atoms with E-state index >= 15 is 0 Å². The van der Waals surface area contributed by atoms with Gasteiger partial charge >= 0.3 is 0 Å². The number of rotatable bonds is 2. The molecule has 1 N–H and O–H groups in total. The third kappa shape index (κ3) is 2.72. The van der Waals surface area contributed by atoms with E-state index in [1.165, 1.54) is 22.0 Å². The van der Waals surface area contributed by atoms with Crippen molar-refractivity contribution in [3.63, 3.8) is 0 Å². The Bertz CT molecular complexity index is 1180. The zero-order valence-corrected chi connectivity index (χ0v) is 15.2. The maximum absolute atomic E-state index is 10.0. The van der Waals surface area contributed by atoms with Gasteiger partial charge in [0.2, 0.25) is 11.2 Å². The second-order valence-electron chi connectivity index (χ2n) is 6.72. The molecule has 0 fully saturated rings. The largest absolute Gasteiger partial charge is 0.506 e. The van der Waals surface area contributed by atoms with Crippen molar-refractivity contribution in [1.82, 2.24) is 4.98 Å². The fraction of sp³-hybridized carbons (Fsp3) is 0.130. The van der Waals surface area contributed by atoms with Gasteiger partial charge in [0, 0.05) is 35.2 Å². The Morgan fingerprint density at radius 3 is 2.62 bits per heavy atom. The van der Waals surface area contributed by atoms with Crippen molar-refractivity contribution < 1.29 is 9.67 Å². The second kappa shape index (κ2) is 6.26. The smallest absolute Gasteiger partial charge is 0.213 e. The number of hydrogen-bond acceptors (Lipinski definition) is 2. The summed E-state index contributed by atoms with van der Waals surface area (Å²) in [5.74, 6) is 0.208. The quantitative estimate of drug-likeness (QED) is 0.536. The van der Waals surface area contributed by atoms with Crippen LogP contribution in [-0.2, 0) is 7.05 Å². The summed E-state index contributed by atoms with van der Waals surface area (Å²) in [4.78, 5) is 4.28. The summed E-state index contributed by atoms with van der Waals surface area (Å²) in [5, 5.41) is 12.2. The Kier molecular flexibility index (Phi) is 3.92. The van der Waals surface area contributed by atoms with Crippen LogP contribution >= 0.6 is 0 Å². The van der Waals surface area contributed by atoms with Crippen LogP contribution in [-0.4, -0.2) is 10.1 Å². The molecule has 0 radical (unpaired) electrons. The lowest BCUT2D eigenvalue weighted by Gasteiger charge is -2.05. The molecule has 2 heterocycles. The van der Waals surface area contributed by atoms with Crippen LogP contribution in [0.5, 0.6) is 5.75 Å². The van der Waals surface area contributed by atoms with Gasteiger partial charge in [0.05, 0.1) is 0 Å². The first kappa shape index (κ1) is 16.3. The number of aromatic nitrogens is 2. The van der Waals surface area contributed by atoms with Crippen LogP contribution in [0.4, 0.5) is 0 Å². The number of hydrogen-bond donors (Lipinski definition) is 1. The number of pyridine rings is 2. The van der Waals surface area contributed by atoms with Crippen molar-refractivity contribution in [2.75, 3.05) is 0 Å². The Hall–Kier alpha value is -3.20. The number of phenolic OH excluding ortho intramolecular Hbond substituents is 1. The van der Waals surface area contributed by atoms with Gasteiger partial charge in [-0.25, -0.2) is 0 Å². The Balaban J connectivity index is 1.82. The third-order valence-electron chi connectivity index (χ3n) is 5.04. The number of aromatic hydroxyl groups is 1. The van der Waals surface area contributed by atoms with Crippen molar-refractivity contribution >= 4 is 34.0 Å². The molecule has 0 aliphatic heterocycles. The van der Waals surface area contributed by atoms with Gasteiger partial charge in [0.25, 0.3) is 0 Å². The predicted octanol–water partition coefficient (Wildman–Crippen LogP) is 4.71. The summed E-state index contributed by atoms with van der Waals surface area (Å²) in [6.07, 6.45) is 5.88. The highest BCUT2D eigenvalue weighted by Gasteiger charge is 2.11. The van der Waals surface area contributed by atoms with Gasteiger partial charge in [0.1, 0.15) is 18.3 Å². The molecule has 0 saturated carbocycles. The number of nitrogens with zero attached hydrogens (tertiary/aromatic N) is 2. The molecule has 3 nitrogen and oxygen atoms in total. The zero-order chi connectivity index (χ0) is 18.3. The fourth-order valence-electron chi connectivity index (χ4n) is 3.34. The molecule has 3 heteroatoms. The van der Waals surface area contributed by atoms with Crippen LogP contribution in [0.25, 0.3) is 34.0 Å². The maximum Gasteiger partial charge on any atom is 0.213 e. The van der Waals surface area contributed by atoms with Crippen LogP contribution < -0.4 is 4.57 Å². The summed E-state index contributed by atoms with van der Waals surface area (Å²) >= 11 is 0. The molecule has 0 unspecified atom stereocenters. The lowest BCUT2D eigenvalue weighted by atomic mass is 10.0. The van der Waals surface area contributed by atoms with E-state index in [1.54, 1.807) is 12.3 Å². The van der Waals surface area contributed by atoms with Crippen molar-refractivity contribution in [2.24, 2.45) is 7.05 Å². The number of phenols is 1. The summed E-state index contributed by atoms with van der Waals surface area (Å²) in [5.41, 5.74) is 6.60. The molecule has 0 amide bonds. The molecule has 2 aromatic carbocycles. The summed E-state index contributed by atoms with van der Waals surface area (Å²) in [6, 6.07) is 16.3. The molecular formula is C23H21N2O+. The molecule has 0 aliphatic carbocycles. The summed E-state index contributed by atoms with van der Waals surface area (Å²) < 4.78 is 2.21. The molecule has 0 bridgehead atoms. The van der Waals surface area contributed by atoms with E-state index in [2.05, 4.69) is 66.9 Å². The average molecular weight is 341 g/mol. The molecule has 26 heavy (non-hydrogen) atoms. The molecule has 4 rings (SSSR count). The number of aryl methyl sites for hydroxylation is 3. The van der Waals surface area contributed by atoms with E-state index < -0.39 is 0 Å². The third-order valence-corrected chi connectivity index (χ3v) is 5.04. The normalized spacial score (nSPS) is 11.7. The Morgan fingerprint density at radius 1 is 0.962 bits per heavy atom. The lowest BCUT2D eigenvalue weighted by molar-refractivity contribution is -0.646. The summed E-state index contributed by atoms with van der Waals surface area (Å²) in [6.45, 7) is 4.29. The molecule has 128 valence electrons. The Morgan fingerprint density at radius 2 is 1.77 bits per heavy atom. The lowest BCUT2D eigenvalue weighted by Crippen LogP contribution is -2.32. The highest BCUT2D eigenvalue weighted by Crippen LogP contribution is 2.26. The minimum absolute atomic E-state index is 0.208. The van der Waals surface area contributed by atoms with Crippen LogP contribution in [0.1, 0.15) is 22.4 Å². The minimum Gasteiger partial charge on any atom is -0.506 e. The van der Waals surface area contributed by atoms with Crippen molar-refractivity contribution in [3.05, 3.63) is 77.1 Å². The van der Waals surface area contributed by atoms with Crippen molar-refractivity contribution in [1.29, 1.82) is 0 Å². The van der Waals surface area contributed by atoms with Gasteiger partial charge in [0.15, 0.2) is 0 Å². The molecule has 0 saturated heterocycles. The monoisotopic (exact) mass is 341 g/mol. The molecule has 4 aromatic rings. The Labute approximate surface area is 152 Å². The predicted molar refractivity (Wildman–Crippen MR) is 107 cm³/mol. The van der Waals surface area contributed by atoms with Gasteiger partial charge in [-0.15, -0.1) is 0 Å². The maximum atomic E-state index is 10.0. The van der Waals surface area contributed by atoms with Crippen LogP contribution in [0.2, 0.25) is 0 Å². The number of benzene rings is 2. The van der Waals surface area contributed by atoms with Gasteiger partial charge < -0.3 is 5.11 Å². The standard InChI is InChI=1S/C23H20N2O/c1-15-13-18-7-10-19(25(3)21(18)14-16(15)2)9-6-17-8-11-22(26)23-20(17)5-4-12-24-23/h4-14H,1-3H3/p+1. The molecule has 0 atom stereocenters. The van der Waals surface area contributed by atoms with Gasteiger partial charge in [-0.2, -0.15) is 4.57 Å². The van der Waals surface area contributed by atoms with Crippen LogP contribution in [0, 0.1) is 13.8 Å².